The number of carbonyl (C=O) groups excluding carboxylic acids is 2. The number of thioether (sulfide) groups is 1. The van der Waals surface area contributed by atoms with Gasteiger partial charge in [0.05, 0.1) is 12.3 Å². The van der Waals surface area contributed by atoms with Crippen molar-refractivity contribution in [1.29, 1.82) is 0 Å². The van der Waals surface area contributed by atoms with Gasteiger partial charge in [0, 0.05) is 28.3 Å². The highest BCUT2D eigenvalue weighted by Crippen LogP contribution is 2.18. The molecule has 150 valence electrons. The summed E-state index contributed by atoms with van der Waals surface area (Å²) in [7, 11) is 1.78. The second-order valence-corrected chi connectivity index (χ2v) is 7.81. The molecule has 1 aromatic heterocycles. The zero-order valence-corrected chi connectivity index (χ0v) is 17.7. The molecule has 0 spiro atoms. The van der Waals surface area contributed by atoms with Gasteiger partial charge in [0.15, 0.2) is 11.0 Å². The van der Waals surface area contributed by atoms with Gasteiger partial charge in [-0.3, -0.25) is 9.59 Å². The van der Waals surface area contributed by atoms with Crippen molar-refractivity contribution in [3.05, 3.63) is 70.0 Å². The molecule has 3 rings (SSSR count). The molecule has 0 aliphatic heterocycles. The van der Waals surface area contributed by atoms with Gasteiger partial charge in [0.2, 0.25) is 5.91 Å². The van der Waals surface area contributed by atoms with Crippen molar-refractivity contribution in [2.24, 2.45) is 7.05 Å². The number of amides is 2. The summed E-state index contributed by atoms with van der Waals surface area (Å²) >= 11 is 12.9. The minimum absolute atomic E-state index is 0.169. The van der Waals surface area contributed by atoms with Gasteiger partial charge in [0.1, 0.15) is 0 Å². The van der Waals surface area contributed by atoms with Crippen LogP contribution in [0.5, 0.6) is 0 Å². The van der Waals surface area contributed by atoms with Gasteiger partial charge in [-0.15, -0.1) is 10.2 Å². The van der Waals surface area contributed by atoms with E-state index < -0.39 is 0 Å². The standard InChI is InChI=1S/C19H17Cl2N5O2S/c1-26-16(10-22-18(28)12-2-4-13(20)5-3-12)24-25-19(26)29-11-17(27)23-15-8-6-14(21)7-9-15/h2-9H,10-11H2,1H3,(H,22,28)(H,23,27). The Bertz CT molecular complexity index is 1010. The third-order valence-corrected chi connectivity index (χ3v) is 5.42. The molecule has 29 heavy (non-hydrogen) atoms. The largest absolute Gasteiger partial charge is 0.345 e. The smallest absolute Gasteiger partial charge is 0.251 e. The minimum Gasteiger partial charge on any atom is -0.345 e. The zero-order chi connectivity index (χ0) is 20.8. The maximum atomic E-state index is 12.2. The molecule has 0 fully saturated rings. The van der Waals surface area contributed by atoms with Crippen LogP contribution in [0.15, 0.2) is 53.7 Å². The highest BCUT2D eigenvalue weighted by Gasteiger charge is 2.13. The van der Waals surface area contributed by atoms with Crippen LogP contribution >= 0.6 is 35.0 Å². The summed E-state index contributed by atoms with van der Waals surface area (Å²) in [6.45, 7) is 0.211. The SMILES string of the molecule is Cn1c(CNC(=O)c2ccc(Cl)cc2)nnc1SCC(=O)Nc1ccc(Cl)cc1. The fourth-order valence-electron chi connectivity index (χ4n) is 2.35. The third kappa shape index (κ3) is 5.96. The quantitative estimate of drug-likeness (QED) is 0.535. The summed E-state index contributed by atoms with van der Waals surface area (Å²) in [5.74, 6) is 0.346. The highest BCUT2D eigenvalue weighted by atomic mass is 35.5. The lowest BCUT2D eigenvalue weighted by Crippen LogP contribution is -2.24. The predicted molar refractivity (Wildman–Crippen MR) is 114 cm³/mol. The van der Waals surface area contributed by atoms with Crippen LogP contribution in [0.2, 0.25) is 10.0 Å². The van der Waals surface area contributed by atoms with Gasteiger partial charge in [-0.25, -0.2) is 0 Å². The van der Waals surface area contributed by atoms with Crippen LogP contribution in [0.25, 0.3) is 0 Å². The van der Waals surface area contributed by atoms with E-state index in [1.807, 2.05) is 0 Å². The highest BCUT2D eigenvalue weighted by molar-refractivity contribution is 7.99. The summed E-state index contributed by atoms with van der Waals surface area (Å²) in [5, 5.41) is 15.5. The van der Waals surface area contributed by atoms with E-state index in [2.05, 4.69) is 20.8 Å². The van der Waals surface area contributed by atoms with Crippen molar-refractivity contribution in [3.8, 4) is 0 Å². The lowest BCUT2D eigenvalue weighted by Gasteiger charge is -2.07. The summed E-state index contributed by atoms with van der Waals surface area (Å²) in [6.07, 6.45) is 0. The molecule has 0 radical (unpaired) electrons. The Kier molecular flexibility index (Phi) is 7.13. The molecule has 0 aliphatic rings. The maximum absolute atomic E-state index is 12.2. The first kappa shape index (κ1) is 21.2. The van der Waals surface area contributed by atoms with Gasteiger partial charge in [-0.2, -0.15) is 0 Å². The number of hydrogen-bond donors (Lipinski definition) is 2. The van der Waals surface area contributed by atoms with Crippen LogP contribution in [-0.2, 0) is 18.4 Å². The van der Waals surface area contributed by atoms with Crippen molar-refractivity contribution < 1.29 is 9.59 Å². The number of rotatable bonds is 7. The van der Waals surface area contributed by atoms with Crippen molar-refractivity contribution in [3.63, 3.8) is 0 Å². The lowest BCUT2D eigenvalue weighted by atomic mass is 10.2. The Morgan fingerprint density at radius 3 is 2.28 bits per heavy atom. The Hall–Kier alpha value is -2.55. The number of nitrogens with one attached hydrogen (secondary N) is 2. The fraction of sp³-hybridized carbons (Fsp3) is 0.158. The molecule has 0 unspecified atom stereocenters. The van der Waals surface area contributed by atoms with Crippen LogP contribution in [0, 0.1) is 0 Å². The Labute approximate surface area is 181 Å². The van der Waals surface area contributed by atoms with Gasteiger partial charge in [-0.1, -0.05) is 35.0 Å². The molecule has 3 aromatic rings. The second kappa shape index (κ2) is 9.78. The predicted octanol–water partition coefficient (Wildman–Crippen LogP) is 3.78. The molecule has 2 aromatic carbocycles. The number of hydrogen-bond acceptors (Lipinski definition) is 5. The first-order valence-electron chi connectivity index (χ1n) is 8.52. The first-order chi connectivity index (χ1) is 13.9. The fourth-order valence-corrected chi connectivity index (χ4v) is 3.33. The van der Waals surface area contributed by atoms with Crippen molar-refractivity contribution in [1.82, 2.24) is 20.1 Å². The van der Waals surface area contributed by atoms with Crippen LogP contribution in [0.3, 0.4) is 0 Å². The molecule has 2 amide bonds. The van der Waals surface area contributed by atoms with Gasteiger partial charge in [0.25, 0.3) is 5.91 Å². The number of anilines is 1. The average molecular weight is 450 g/mol. The Morgan fingerprint density at radius 2 is 1.62 bits per heavy atom. The van der Waals surface area contributed by atoms with E-state index in [9.17, 15) is 9.59 Å². The van der Waals surface area contributed by atoms with Crippen LogP contribution in [0.4, 0.5) is 5.69 Å². The molecule has 2 N–H and O–H groups in total. The van der Waals surface area contributed by atoms with Crippen molar-refractivity contribution in [2.75, 3.05) is 11.1 Å². The summed E-state index contributed by atoms with van der Waals surface area (Å²) in [4.78, 5) is 24.3. The molecule has 1 heterocycles. The first-order valence-corrected chi connectivity index (χ1v) is 10.3. The lowest BCUT2D eigenvalue weighted by molar-refractivity contribution is -0.113. The number of nitrogens with zero attached hydrogens (tertiary/aromatic N) is 3. The van der Waals surface area contributed by atoms with E-state index in [0.29, 0.717) is 32.3 Å². The molecular weight excluding hydrogens is 433 g/mol. The average Bonchev–Trinajstić information content (AvgIpc) is 3.06. The van der Waals surface area contributed by atoms with E-state index >= 15 is 0 Å². The van der Waals surface area contributed by atoms with Crippen molar-refractivity contribution >= 4 is 52.5 Å². The van der Waals surface area contributed by atoms with Crippen LogP contribution < -0.4 is 10.6 Å². The maximum Gasteiger partial charge on any atom is 0.251 e. The molecule has 0 bridgehead atoms. The molecule has 7 nitrogen and oxygen atoms in total. The number of carbonyl (C=O) groups is 2. The Balaban J connectivity index is 1.51. The number of halogens is 2. The normalized spacial score (nSPS) is 10.6. The number of aromatic nitrogens is 3. The minimum atomic E-state index is -0.235. The third-order valence-electron chi connectivity index (χ3n) is 3.90. The topological polar surface area (TPSA) is 88.9 Å². The zero-order valence-electron chi connectivity index (χ0n) is 15.4. The van der Waals surface area contributed by atoms with Crippen molar-refractivity contribution in [2.45, 2.75) is 11.7 Å². The number of benzene rings is 2. The van der Waals surface area contributed by atoms with E-state index in [1.54, 1.807) is 60.1 Å². The summed E-state index contributed by atoms with van der Waals surface area (Å²) in [5.41, 5.74) is 1.17. The van der Waals surface area contributed by atoms with Gasteiger partial charge >= 0.3 is 0 Å². The van der Waals surface area contributed by atoms with Gasteiger partial charge in [-0.05, 0) is 48.5 Å². The summed E-state index contributed by atoms with van der Waals surface area (Å²) in [6, 6.07) is 13.5. The van der Waals surface area contributed by atoms with E-state index in [1.165, 1.54) is 11.8 Å². The Morgan fingerprint density at radius 1 is 1.00 bits per heavy atom. The monoisotopic (exact) mass is 449 g/mol. The van der Waals surface area contributed by atoms with E-state index in [-0.39, 0.29) is 24.1 Å². The molecule has 10 heteroatoms. The molecule has 0 saturated carbocycles. The molecule has 0 aliphatic carbocycles. The van der Waals surface area contributed by atoms with Crippen LogP contribution in [-0.4, -0.2) is 32.3 Å². The summed E-state index contributed by atoms with van der Waals surface area (Å²) < 4.78 is 1.74. The van der Waals surface area contributed by atoms with Gasteiger partial charge < -0.3 is 15.2 Å². The van der Waals surface area contributed by atoms with E-state index in [0.717, 1.165) is 0 Å². The second-order valence-electron chi connectivity index (χ2n) is 5.99. The van der Waals surface area contributed by atoms with E-state index in [4.69, 9.17) is 23.2 Å². The molecule has 0 saturated heterocycles. The van der Waals surface area contributed by atoms with Crippen LogP contribution in [0.1, 0.15) is 16.2 Å². The molecular formula is C19H17Cl2N5O2S. The molecule has 0 atom stereocenters.